The molecule has 0 heterocycles. The molecule has 0 aromatic heterocycles. The molecule has 8 nitrogen and oxygen atoms in total. The Bertz CT molecular complexity index is 1100. The number of nitrogens with zero attached hydrogens (tertiary/aromatic N) is 1. The van der Waals surface area contributed by atoms with Crippen molar-refractivity contribution in [3.63, 3.8) is 0 Å². The molecule has 0 aliphatic carbocycles. The lowest BCUT2D eigenvalue weighted by Gasteiger charge is -2.34. The van der Waals surface area contributed by atoms with Crippen LogP contribution in [0.1, 0.15) is 142 Å². The first-order valence-electron chi connectivity index (χ1n) is 20.5. The van der Waals surface area contributed by atoms with E-state index in [1.54, 1.807) is 21.1 Å². The lowest BCUT2D eigenvalue weighted by molar-refractivity contribution is -0.889. The van der Waals surface area contributed by atoms with Crippen LogP contribution in [0.15, 0.2) is 72.9 Å². The number of carboxylic acids is 1. The second-order valence-electron chi connectivity index (χ2n) is 14.5. The third kappa shape index (κ3) is 34.3. The molecule has 0 N–H and O–H groups in total. The van der Waals surface area contributed by atoms with Gasteiger partial charge in [-0.3, -0.25) is 9.59 Å². The molecular weight excluding hydrogens is 666 g/mol. The number of carboxylic acid groups (broad SMARTS) is 1. The van der Waals surface area contributed by atoms with E-state index in [1.165, 1.54) is 38.5 Å². The predicted octanol–water partition coefficient (Wildman–Crippen LogP) is 9.46. The Morgan fingerprint density at radius 1 is 0.585 bits per heavy atom. The summed E-state index contributed by atoms with van der Waals surface area (Å²) in [6, 6.07) is -0.741. The molecule has 53 heavy (non-hydrogen) atoms. The van der Waals surface area contributed by atoms with Gasteiger partial charge in [0, 0.05) is 19.3 Å². The van der Waals surface area contributed by atoms with Crippen molar-refractivity contribution >= 4 is 17.9 Å². The van der Waals surface area contributed by atoms with Gasteiger partial charge in [0.25, 0.3) is 0 Å². The minimum absolute atomic E-state index is 0.00669. The van der Waals surface area contributed by atoms with Gasteiger partial charge >= 0.3 is 11.9 Å². The number of allylic oxidation sites excluding steroid dienone is 12. The molecule has 0 fully saturated rings. The van der Waals surface area contributed by atoms with Crippen LogP contribution in [0.4, 0.5) is 0 Å². The average molecular weight is 742 g/mol. The van der Waals surface area contributed by atoms with Crippen LogP contribution in [-0.4, -0.2) is 75.5 Å². The number of likely N-dealkylation sites (N-methyl/N-ethyl adjacent to an activating group) is 1. The minimum Gasteiger partial charge on any atom is -0.544 e. The maximum absolute atomic E-state index is 12.7. The maximum Gasteiger partial charge on any atom is 0.306 e. The summed E-state index contributed by atoms with van der Waals surface area (Å²) in [6.45, 7) is 4.41. The second kappa shape index (κ2) is 35.8. The SMILES string of the molecule is CC/C=C/C/C=C/C/C=C/C/C=C/CCCCCC(=O)OC(COCCC(C(=O)[O-])[N+](C)(C)C)COC(=O)CC/C=C/C/C=C/CCCCCCCC. The van der Waals surface area contributed by atoms with Crippen molar-refractivity contribution in [3.05, 3.63) is 72.9 Å². The number of ether oxygens (including phenoxy) is 3. The molecule has 2 atom stereocenters. The molecule has 2 unspecified atom stereocenters. The van der Waals surface area contributed by atoms with Crippen LogP contribution in [0.5, 0.6) is 0 Å². The van der Waals surface area contributed by atoms with Crippen LogP contribution in [0, 0.1) is 0 Å². The van der Waals surface area contributed by atoms with E-state index < -0.39 is 18.1 Å². The minimum atomic E-state index is -1.14. The summed E-state index contributed by atoms with van der Waals surface area (Å²) >= 11 is 0. The van der Waals surface area contributed by atoms with Crippen molar-refractivity contribution in [2.75, 3.05) is 41.0 Å². The first-order valence-corrected chi connectivity index (χ1v) is 20.5. The summed E-state index contributed by atoms with van der Waals surface area (Å²) in [4.78, 5) is 36.7. The maximum atomic E-state index is 12.7. The highest BCUT2D eigenvalue weighted by Crippen LogP contribution is 2.11. The molecule has 0 amide bonds. The Balaban J connectivity index is 4.54. The van der Waals surface area contributed by atoms with Gasteiger partial charge < -0.3 is 28.6 Å². The smallest absolute Gasteiger partial charge is 0.306 e. The number of rotatable bonds is 35. The highest BCUT2D eigenvalue weighted by Gasteiger charge is 2.25. The second-order valence-corrected chi connectivity index (χ2v) is 14.5. The van der Waals surface area contributed by atoms with Gasteiger partial charge in [-0.05, 0) is 70.6 Å². The molecule has 0 saturated heterocycles. The first kappa shape index (κ1) is 49.8. The number of quaternary nitrogens is 1. The van der Waals surface area contributed by atoms with E-state index in [2.05, 4.69) is 80.7 Å². The summed E-state index contributed by atoms with van der Waals surface area (Å²) < 4.78 is 17.0. The molecule has 0 saturated carbocycles. The third-order valence-corrected chi connectivity index (χ3v) is 8.59. The van der Waals surface area contributed by atoms with Crippen LogP contribution in [0.25, 0.3) is 0 Å². The van der Waals surface area contributed by atoms with Crippen molar-refractivity contribution in [1.82, 2.24) is 0 Å². The zero-order chi connectivity index (χ0) is 39.3. The molecule has 8 heteroatoms. The Morgan fingerprint density at radius 3 is 1.64 bits per heavy atom. The molecule has 0 rings (SSSR count). The quantitative estimate of drug-likeness (QED) is 0.0276. The van der Waals surface area contributed by atoms with Crippen LogP contribution in [0.2, 0.25) is 0 Å². The Hall–Kier alpha value is -3.23. The molecular formula is C45H75NO7. The topological polar surface area (TPSA) is 102 Å². The fourth-order valence-corrected chi connectivity index (χ4v) is 5.41. The van der Waals surface area contributed by atoms with Gasteiger partial charge in [-0.1, -0.05) is 125 Å². The van der Waals surface area contributed by atoms with E-state index >= 15 is 0 Å². The van der Waals surface area contributed by atoms with E-state index in [4.69, 9.17) is 14.2 Å². The molecule has 0 aliphatic heterocycles. The molecule has 0 aromatic carbocycles. The molecule has 0 aliphatic rings. The van der Waals surface area contributed by atoms with Crippen LogP contribution >= 0.6 is 0 Å². The highest BCUT2D eigenvalue weighted by atomic mass is 16.6. The first-order chi connectivity index (χ1) is 25.6. The van der Waals surface area contributed by atoms with Crippen LogP contribution < -0.4 is 5.11 Å². The van der Waals surface area contributed by atoms with Crippen molar-refractivity contribution < 1.29 is 38.2 Å². The van der Waals surface area contributed by atoms with Gasteiger partial charge in [0.2, 0.25) is 0 Å². The predicted molar refractivity (Wildman–Crippen MR) is 217 cm³/mol. The van der Waals surface area contributed by atoms with E-state index in [9.17, 15) is 19.5 Å². The van der Waals surface area contributed by atoms with Crippen molar-refractivity contribution in [1.29, 1.82) is 0 Å². The van der Waals surface area contributed by atoms with Gasteiger partial charge in [0.1, 0.15) is 12.6 Å². The fraction of sp³-hybridized carbons (Fsp3) is 0.667. The standard InChI is InChI=1S/C45H75NO7/c1-6-8-10-12-14-16-18-20-21-22-24-26-28-30-32-34-36-44(48)53-41(39-51-38-37-42(45(49)50)46(3,4)5)40-52-43(47)35-33-31-29-27-25-23-19-17-15-13-11-9-7-2/h8,10,14,16,20-21,23-26,29,31,41-42H,6-7,9,11-13,15,17-19,22,27-28,30,32-40H2,1-5H3/b10-8+,16-14+,21-20+,25-23+,26-24+,31-29+. The van der Waals surface area contributed by atoms with Crippen molar-refractivity contribution in [2.45, 2.75) is 154 Å². The number of hydrogen-bond acceptors (Lipinski definition) is 7. The zero-order valence-corrected chi connectivity index (χ0v) is 34.2. The largest absolute Gasteiger partial charge is 0.544 e. The highest BCUT2D eigenvalue weighted by molar-refractivity contribution is 5.70. The summed E-state index contributed by atoms with van der Waals surface area (Å²) in [5.74, 6) is -1.87. The Kier molecular flexibility index (Phi) is 33.6. The number of carbonyl (C=O) groups excluding carboxylic acids is 3. The Labute approximate surface area is 323 Å². The lowest BCUT2D eigenvalue weighted by atomic mass is 10.1. The van der Waals surface area contributed by atoms with Crippen LogP contribution in [-0.2, 0) is 28.6 Å². The summed E-state index contributed by atoms with van der Waals surface area (Å²) in [7, 11) is 5.36. The molecule has 0 aromatic rings. The number of unbranched alkanes of at least 4 members (excludes halogenated alkanes) is 9. The number of aliphatic carboxylic acids is 1. The number of hydrogen-bond donors (Lipinski definition) is 0. The number of esters is 2. The fourth-order valence-electron chi connectivity index (χ4n) is 5.41. The summed E-state index contributed by atoms with van der Waals surface area (Å²) in [5.41, 5.74) is 0. The molecule has 0 radical (unpaired) electrons. The molecule has 0 spiro atoms. The van der Waals surface area contributed by atoms with Crippen molar-refractivity contribution in [2.24, 2.45) is 0 Å². The lowest BCUT2D eigenvalue weighted by Crippen LogP contribution is -2.55. The summed E-state index contributed by atoms with van der Waals surface area (Å²) in [6.07, 6.45) is 43.7. The van der Waals surface area contributed by atoms with Gasteiger partial charge in [-0.15, -0.1) is 0 Å². The van der Waals surface area contributed by atoms with E-state index in [0.717, 1.165) is 57.8 Å². The third-order valence-electron chi connectivity index (χ3n) is 8.59. The van der Waals surface area contributed by atoms with Gasteiger partial charge in [-0.25, -0.2) is 0 Å². The van der Waals surface area contributed by atoms with E-state index in [0.29, 0.717) is 12.8 Å². The monoisotopic (exact) mass is 742 g/mol. The Morgan fingerprint density at radius 2 is 1.09 bits per heavy atom. The van der Waals surface area contributed by atoms with Gasteiger partial charge in [0.15, 0.2) is 6.10 Å². The van der Waals surface area contributed by atoms with Crippen molar-refractivity contribution in [3.8, 4) is 0 Å². The molecule has 0 bridgehead atoms. The van der Waals surface area contributed by atoms with E-state index in [1.807, 2.05) is 6.08 Å². The summed E-state index contributed by atoms with van der Waals surface area (Å²) in [5, 5.41) is 11.6. The van der Waals surface area contributed by atoms with Gasteiger partial charge in [0.05, 0.1) is 40.3 Å². The number of carbonyl (C=O) groups is 3. The van der Waals surface area contributed by atoms with Crippen LogP contribution in [0.3, 0.4) is 0 Å². The van der Waals surface area contributed by atoms with Gasteiger partial charge in [-0.2, -0.15) is 0 Å². The molecule has 302 valence electrons. The average Bonchev–Trinajstić information content (AvgIpc) is 3.11. The zero-order valence-electron chi connectivity index (χ0n) is 34.2. The normalized spacial score (nSPS) is 13.8. The van der Waals surface area contributed by atoms with E-state index in [-0.39, 0.29) is 55.5 Å².